The minimum absolute atomic E-state index is 0.169. The average Bonchev–Trinajstić information content (AvgIpc) is 2.35. The molecule has 100 valence electrons. The number of methoxy groups -OCH3 is 3. The number of rotatable bonds is 6. The lowest BCUT2D eigenvalue weighted by Gasteiger charge is -2.19. The van der Waals surface area contributed by atoms with E-state index in [1.165, 1.54) is 0 Å². The van der Waals surface area contributed by atoms with Crippen LogP contribution < -0.4 is 19.9 Å². The zero-order valence-corrected chi connectivity index (χ0v) is 11.4. The minimum Gasteiger partial charge on any atom is -0.493 e. The van der Waals surface area contributed by atoms with Crippen LogP contribution in [-0.4, -0.2) is 21.3 Å². The number of ether oxygens (including phenoxy) is 3. The van der Waals surface area contributed by atoms with Gasteiger partial charge in [0.05, 0.1) is 21.3 Å². The van der Waals surface area contributed by atoms with Gasteiger partial charge in [-0.1, -0.05) is 5.57 Å². The van der Waals surface area contributed by atoms with Crippen molar-refractivity contribution in [1.82, 2.24) is 0 Å². The molecule has 0 aliphatic rings. The van der Waals surface area contributed by atoms with Gasteiger partial charge in [-0.25, -0.2) is 0 Å². The monoisotopic (exact) mass is 251 g/mol. The van der Waals surface area contributed by atoms with Crippen molar-refractivity contribution >= 4 is 0 Å². The first-order valence-electron chi connectivity index (χ1n) is 5.74. The van der Waals surface area contributed by atoms with E-state index in [-0.39, 0.29) is 6.04 Å². The summed E-state index contributed by atoms with van der Waals surface area (Å²) in [4.78, 5) is 0. The van der Waals surface area contributed by atoms with Gasteiger partial charge < -0.3 is 19.9 Å². The largest absolute Gasteiger partial charge is 0.493 e. The fraction of sp³-hybridized carbons (Fsp3) is 0.429. The van der Waals surface area contributed by atoms with Crippen LogP contribution in [-0.2, 0) is 0 Å². The molecule has 0 radical (unpaired) electrons. The molecular formula is C14H21NO3. The van der Waals surface area contributed by atoms with Crippen LogP contribution in [0.1, 0.15) is 24.9 Å². The fourth-order valence-corrected chi connectivity index (χ4v) is 1.90. The van der Waals surface area contributed by atoms with Crippen LogP contribution in [0.5, 0.6) is 17.2 Å². The van der Waals surface area contributed by atoms with Gasteiger partial charge in [-0.2, -0.15) is 0 Å². The second kappa shape index (κ2) is 6.31. The van der Waals surface area contributed by atoms with E-state index in [2.05, 4.69) is 6.58 Å². The standard InChI is InChI=1S/C14H21NO3/c1-9(2)8-11(15)10-6-7-12(16-3)14(18-5)13(10)17-4/h6-7,11H,1,8,15H2,2-5H3/t11-/m0/s1. The van der Waals surface area contributed by atoms with Gasteiger partial charge in [0.25, 0.3) is 0 Å². The first-order valence-corrected chi connectivity index (χ1v) is 5.74. The lowest BCUT2D eigenvalue weighted by atomic mass is 9.99. The molecule has 1 aromatic carbocycles. The van der Waals surface area contributed by atoms with Crippen LogP contribution >= 0.6 is 0 Å². The summed E-state index contributed by atoms with van der Waals surface area (Å²) >= 11 is 0. The Balaban J connectivity index is 3.23. The van der Waals surface area contributed by atoms with Crippen molar-refractivity contribution in [3.8, 4) is 17.2 Å². The zero-order chi connectivity index (χ0) is 13.7. The molecule has 1 aromatic rings. The molecule has 0 fully saturated rings. The molecule has 18 heavy (non-hydrogen) atoms. The minimum atomic E-state index is -0.169. The summed E-state index contributed by atoms with van der Waals surface area (Å²) in [6.07, 6.45) is 0.700. The molecule has 0 bridgehead atoms. The maximum atomic E-state index is 6.15. The summed E-state index contributed by atoms with van der Waals surface area (Å²) in [5.74, 6) is 1.81. The quantitative estimate of drug-likeness (QED) is 0.790. The first kappa shape index (κ1) is 14.4. The molecule has 0 saturated heterocycles. The molecule has 1 rings (SSSR count). The second-order valence-corrected chi connectivity index (χ2v) is 4.19. The molecular weight excluding hydrogens is 230 g/mol. The lowest BCUT2D eigenvalue weighted by Crippen LogP contribution is -2.12. The van der Waals surface area contributed by atoms with Gasteiger partial charge in [0.15, 0.2) is 11.5 Å². The molecule has 0 heterocycles. The Hall–Kier alpha value is -1.68. The van der Waals surface area contributed by atoms with Crippen molar-refractivity contribution in [2.75, 3.05) is 21.3 Å². The van der Waals surface area contributed by atoms with Crippen LogP contribution in [0.25, 0.3) is 0 Å². The fourth-order valence-electron chi connectivity index (χ4n) is 1.90. The Labute approximate surface area is 108 Å². The molecule has 0 aliphatic carbocycles. The number of hydrogen-bond acceptors (Lipinski definition) is 4. The van der Waals surface area contributed by atoms with Gasteiger partial charge in [-0.15, -0.1) is 6.58 Å². The maximum Gasteiger partial charge on any atom is 0.203 e. The van der Waals surface area contributed by atoms with E-state index in [4.69, 9.17) is 19.9 Å². The highest BCUT2D eigenvalue weighted by molar-refractivity contribution is 5.56. The van der Waals surface area contributed by atoms with Crippen molar-refractivity contribution in [2.45, 2.75) is 19.4 Å². The Kier molecular flexibility index (Phi) is 5.04. The van der Waals surface area contributed by atoms with Crippen LogP contribution in [0.2, 0.25) is 0 Å². The van der Waals surface area contributed by atoms with E-state index in [1.54, 1.807) is 21.3 Å². The van der Waals surface area contributed by atoms with E-state index in [9.17, 15) is 0 Å². The molecule has 2 N–H and O–H groups in total. The van der Waals surface area contributed by atoms with Gasteiger partial charge in [0, 0.05) is 11.6 Å². The number of benzene rings is 1. The molecule has 1 atom stereocenters. The predicted octanol–water partition coefficient (Wildman–Crippen LogP) is 2.68. The van der Waals surface area contributed by atoms with Crippen molar-refractivity contribution < 1.29 is 14.2 Å². The first-order chi connectivity index (χ1) is 8.54. The van der Waals surface area contributed by atoms with Crippen molar-refractivity contribution in [3.63, 3.8) is 0 Å². The van der Waals surface area contributed by atoms with E-state index < -0.39 is 0 Å². The van der Waals surface area contributed by atoms with Gasteiger partial charge in [-0.3, -0.25) is 0 Å². The highest BCUT2D eigenvalue weighted by Gasteiger charge is 2.19. The zero-order valence-electron chi connectivity index (χ0n) is 11.4. The van der Waals surface area contributed by atoms with Gasteiger partial charge in [0.1, 0.15) is 0 Å². The maximum absolute atomic E-state index is 6.15. The van der Waals surface area contributed by atoms with Crippen LogP contribution in [0, 0.1) is 0 Å². The molecule has 0 amide bonds. The summed E-state index contributed by atoms with van der Waals surface area (Å²) in [5, 5.41) is 0. The third-order valence-electron chi connectivity index (χ3n) is 2.70. The topological polar surface area (TPSA) is 53.7 Å². The Morgan fingerprint density at radius 1 is 1.17 bits per heavy atom. The number of hydrogen-bond donors (Lipinski definition) is 1. The molecule has 4 nitrogen and oxygen atoms in total. The van der Waals surface area contributed by atoms with E-state index in [0.717, 1.165) is 11.1 Å². The number of nitrogens with two attached hydrogens (primary N) is 1. The highest BCUT2D eigenvalue weighted by atomic mass is 16.5. The highest BCUT2D eigenvalue weighted by Crippen LogP contribution is 2.42. The third-order valence-corrected chi connectivity index (χ3v) is 2.70. The Morgan fingerprint density at radius 2 is 1.78 bits per heavy atom. The van der Waals surface area contributed by atoms with Crippen molar-refractivity contribution in [1.29, 1.82) is 0 Å². The molecule has 0 spiro atoms. The van der Waals surface area contributed by atoms with Gasteiger partial charge >= 0.3 is 0 Å². The summed E-state index contributed by atoms with van der Waals surface area (Å²) in [5.41, 5.74) is 8.06. The molecule has 0 aromatic heterocycles. The SMILES string of the molecule is C=C(C)C[C@H](N)c1ccc(OC)c(OC)c1OC. The summed E-state index contributed by atoms with van der Waals surface area (Å²) < 4.78 is 16.0. The van der Waals surface area contributed by atoms with Gasteiger partial charge in [0.2, 0.25) is 5.75 Å². The summed E-state index contributed by atoms with van der Waals surface area (Å²) in [6.45, 7) is 5.83. The van der Waals surface area contributed by atoms with Crippen LogP contribution in [0.15, 0.2) is 24.3 Å². The predicted molar refractivity (Wildman–Crippen MR) is 72.5 cm³/mol. The van der Waals surface area contributed by atoms with Crippen LogP contribution in [0.4, 0.5) is 0 Å². The Bertz CT molecular complexity index is 429. The summed E-state index contributed by atoms with van der Waals surface area (Å²) in [7, 11) is 4.76. The second-order valence-electron chi connectivity index (χ2n) is 4.19. The third kappa shape index (κ3) is 2.96. The lowest BCUT2D eigenvalue weighted by molar-refractivity contribution is 0.320. The van der Waals surface area contributed by atoms with Crippen molar-refractivity contribution in [3.05, 3.63) is 29.8 Å². The normalized spacial score (nSPS) is 11.8. The summed E-state index contributed by atoms with van der Waals surface area (Å²) in [6, 6.07) is 3.56. The molecule has 0 aliphatic heterocycles. The molecule has 0 unspecified atom stereocenters. The van der Waals surface area contributed by atoms with Crippen molar-refractivity contribution in [2.24, 2.45) is 5.73 Å². The molecule has 4 heteroatoms. The smallest absolute Gasteiger partial charge is 0.203 e. The average molecular weight is 251 g/mol. The molecule has 0 saturated carbocycles. The van der Waals surface area contributed by atoms with E-state index in [0.29, 0.717) is 23.7 Å². The van der Waals surface area contributed by atoms with Gasteiger partial charge in [-0.05, 0) is 25.5 Å². The van der Waals surface area contributed by atoms with Crippen LogP contribution in [0.3, 0.4) is 0 Å². The van der Waals surface area contributed by atoms with E-state index >= 15 is 0 Å². The Morgan fingerprint density at radius 3 is 2.22 bits per heavy atom. The van der Waals surface area contributed by atoms with E-state index in [1.807, 2.05) is 19.1 Å².